The number of carbonyl (C=O) groups is 1. The van der Waals surface area contributed by atoms with E-state index in [1.807, 2.05) is 4.90 Å². The predicted octanol–water partition coefficient (Wildman–Crippen LogP) is 7.31. The number of aromatic nitrogens is 2. The van der Waals surface area contributed by atoms with Gasteiger partial charge in [0.05, 0.1) is 28.0 Å². The largest absolute Gasteiger partial charge is 0.507 e. The minimum absolute atomic E-state index is 0.0642. The number of methoxy groups -OCH3 is 1. The summed E-state index contributed by atoms with van der Waals surface area (Å²) in [6.45, 7) is 15.6. The van der Waals surface area contributed by atoms with Crippen LogP contribution in [0.3, 0.4) is 0 Å². The number of likely N-dealkylation sites (tertiary alicyclic amines) is 1. The van der Waals surface area contributed by atoms with Crippen molar-refractivity contribution in [2.24, 2.45) is 0 Å². The van der Waals surface area contributed by atoms with Crippen LogP contribution in [0.15, 0.2) is 34.7 Å². The van der Waals surface area contributed by atoms with E-state index in [2.05, 4.69) is 64.0 Å². The Morgan fingerprint density at radius 1 is 1.12 bits per heavy atom. The molecule has 0 saturated carbocycles. The maximum absolute atomic E-state index is 13.3. The van der Waals surface area contributed by atoms with Crippen LogP contribution in [-0.2, 0) is 15.6 Å². The van der Waals surface area contributed by atoms with Gasteiger partial charge in [-0.25, -0.2) is 4.98 Å². The van der Waals surface area contributed by atoms with E-state index < -0.39 is 10.2 Å². The third-order valence-electron chi connectivity index (χ3n) is 7.56. The maximum Gasteiger partial charge on any atom is 0.301 e. The molecule has 11 heteroatoms. The number of benzene rings is 1. The van der Waals surface area contributed by atoms with Crippen molar-refractivity contribution in [3.8, 4) is 22.9 Å². The number of pyridine rings is 1. The molecule has 2 aromatic heterocycles. The summed E-state index contributed by atoms with van der Waals surface area (Å²) in [7, 11) is 1.45. The number of nitrogens with zero attached hydrogens (tertiary/aromatic N) is 4. The van der Waals surface area contributed by atoms with Crippen molar-refractivity contribution in [2.45, 2.75) is 88.3 Å². The van der Waals surface area contributed by atoms with Gasteiger partial charge in [0.15, 0.2) is 5.03 Å². The molecule has 1 atom stereocenters. The summed E-state index contributed by atoms with van der Waals surface area (Å²) in [5, 5.41) is 25.4. The van der Waals surface area contributed by atoms with Gasteiger partial charge >= 0.3 is 5.69 Å². The topological polar surface area (TPSA) is 119 Å². The van der Waals surface area contributed by atoms with Crippen molar-refractivity contribution in [2.75, 3.05) is 20.2 Å². The Labute approximate surface area is 255 Å². The zero-order valence-corrected chi connectivity index (χ0v) is 27.2. The summed E-state index contributed by atoms with van der Waals surface area (Å²) in [4.78, 5) is 35.3. The van der Waals surface area contributed by atoms with E-state index >= 15 is 0 Å². The highest BCUT2D eigenvalue weighted by atomic mass is 32.2. The summed E-state index contributed by atoms with van der Waals surface area (Å²) in [6, 6.07) is 6.92. The number of aromatic hydroxyl groups is 1. The molecule has 1 aliphatic heterocycles. The molecule has 1 saturated heterocycles. The number of piperidine rings is 1. The Morgan fingerprint density at radius 3 is 2.24 bits per heavy atom. The number of phenolic OH excluding ortho intramolecular Hbond substituents is 1. The number of nitro groups is 1. The number of phenols is 1. The minimum atomic E-state index is -0.533. The predicted molar refractivity (Wildman–Crippen MR) is 168 cm³/mol. The third-order valence-corrected chi connectivity index (χ3v) is 9.64. The first-order valence-electron chi connectivity index (χ1n) is 14.1. The molecule has 0 radical (unpaired) electrons. The SMILES string of the molecule is COc1ccc([N+](=O)[O-])c(SC(C)C(=O)N2CCC(c3nc(-c4cc(C(C)(C)C)c(O)c(C(C)(C)C)c4)cs3)CC2)n1. The molecule has 4 rings (SSSR count). The lowest BCUT2D eigenvalue weighted by Crippen LogP contribution is -2.41. The lowest BCUT2D eigenvalue weighted by atomic mass is 9.78. The van der Waals surface area contributed by atoms with Gasteiger partial charge in [-0.15, -0.1) is 11.3 Å². The van der Waals surface area contributed by atoms with E-state index in [0.29, 0.717) is 18.8 Å². The van der Waals surface area contributed by atoms with Gasteiger partial charge in [-0.1, -0.05) is 53.3 Å². The van der Waals surface area contributed by atoms with Gasteiger partial charge in [0.2, 0.25) is 11.8 Å². The molecular formula is C31H40N4O5S2. The second-order valence-corrected chi connectivity index (χ2v) is 15.0. The monoisotopic (exact) mass is 612 g/mol. The first-order chi connectivity index (χ1) is 19.6. The summed E-state index contributed by atoms with van der Waals surface area (Å²) in [5.74, 6) is 0.808. The number of amides is 1. The summed E-state index contributed by atoms with van der Waals surface area (Å²) in [6.07, 6.45) is 1.59. The van der Waals surface area contributed by atoms with Gasteiger partial charge in [0.1, 0.15) is 5.75 Å². The van der Waals surface area contributed by atoms with Crippen molar-refractivity contribution in [3.63, 3.8) is 0 Å². The molecule has 1 aliphatic rings. The number of thioether (sulfide) groups is 1. The van der Waals surface area contributed by atoms with Crippen LogP contribution in [0.25, 0.3) is 11.3 Å². The summed E-state index contributed by atoms with van der Waals surface area (Å²) < 4.78 is 5.12. The molecule has 0 bridgehead atoms. The first-order valence-corrected chi connectivity index (χ1v) is 15.8. The average molecular weight is 613 g/mol. The summed E-state index contributed by atoms with van der Waals surface area (Å²) >= 11 is 2.72. The normalized spacial score (nSPS) is 15.5. The zero-order valence-electron chi connectivity index (χ0n) is 25.6. The van der Waals surface area contributed by atoms with Crippen LogP contribution >= 0.6 is 23.1 Å². The molecule has 226 valence electrons. The van der Waals surface area contributed by atoms with E-state index in [9.17, 15) is 20.0 Å². The van der Waals surface area contributed by atoms with Crippen molar-refractivity contribution >= 4 is 34.7 Å². The average Bonchev–Trinajstić information content (AvgIpc) is 3.41. The van der Waals surface area contributed by atoms with Crippen LogP contribution in [0.1, 0.15) is 83.4 Å². The lowest BCUT2D eigenvalue weighted by molar-refractivity contribution is -0.388. The van der Waals surface area contributed by atoms with Crippen molar-refractivity contribution < 1.29 is 19.6 Å². The molecule has 0 aliphatic carbocycles. The fraction of sp³-hybridized carbons (Fsp3) is 0.516. The van der Waals surface area contributed by atoms with Crippen molar-refractivity contribution in [3.05, 3.63) is 55.9 Å². The Kier molecular flexibility index (Phi) is 9.22. The lowest BCUT2D eigenvalue weighted by Gasteiger charge is -2.32. The molecule has 0 spiro atoms. The molecule has 9 nitrogen and oxygen atoms in total. The van der Waals surface area contributed by atoms with E-state index in [0.717, 1.165) is 52.0 Å². The molecule has 1 fully saturated rings. The fourth-order valence-electron chi connectivity index (χ4n) is 5.11. The smallest absolute Gasteiger partial charge is 0.301 e. The van der Waals surface area contributed by atoms with E-state index in [1.165, 1.54) is 19.2 Å². The highest BCUT2D eigenvalue weighted by Crippen LogP contribution is 2.43. The Hall–Kier alpha value is -3.18. The van der Waals surface area contributed by atoms with Crippen molar-refractivity contribution in [1.82, 2.24) is 14.9 Å². The van der Waals surface area contributed by atoms with E-state index in [4.69, 9.17) is 9.72 Å². The van der Waals surface area contributed by atoms with Gasteiger partial charge in [0, 0.05) is 53.2 Å². The first kappa shape index (κ1) is 31.7. The second kappa shape index (κ2) is 12.2. The Balaban J connectivity index is 1.46. The fourth-order valence-corrected chi connectivity index (χ4v) is 7.10. The highest BCUT2D eigenvalue weighted by Gasteiger charge is 2.31. The summed E-state index contributed by atoms with van der Waals surface area (Å²) in [5.41, 5.74) is 3.14. The van der Waals surface area contributed by atoms with Crippen LogP contribution in [0.2, 0.25) is 0 Å². The number of thiazole rings is 1. The van der Waals surface area contributed by atoms with E-state index in [1.54, 1.807) is 18.3 Å². The maximum atomic E-state index is 13.3. The quantitative estimate of drug-likeness (QED) is 0.168. The zero-order chi connectivity index (χ0) is 31.0. The molecular weight excluding hydrogens is 572 g/mol. The second-order valence-electron chi connectivity index (χ2n) is 12.8. The van der Waals surface area contributed by atoms with Crippen LogP contribution in [0, 0.1) is 10.1 Å². The third kappa shape index (κ3) is 6.89. The molecule has 1 unspecified atom stereocenters. The molecule has 3 heterocycles. The number of rotatable bonds is 7. The van der Waals surface area contributed by atoms with Gasteiger partial charge in [-0.2, -0.15) is 4.98 Å². The number of ether oxygens (including phenoxy) is 1. The van der Waals surface area contributed by atoms with Gasteiger partial charge in [0.25, 0.3) is 0 Å². The Morgan fingerprint density at radius 2 is 1.71 bits per heavy atom. The van der Waals surface area contributed by atoms with Crippen molar-refractivity contribution in [1.29, 1.82) is 0 Å². The minimum Gasteiger partial charge on any atom is -0.507 e. The molecule has 1 N–H and O–H groups in total. The van der Waals surface area contributed by atoms with Gasteiger partial charge in [-0.05, 0) is 42.7 Å². The number of hydrogen-bond donors (Lipinski definition) is 1. The Bertz CT molecular complexity index is 1430. The van der Waals surface area contributed by atoms with Crippen LogP contribution in [-0.4, -0.2) is 56.3 Å². The number of hydrogen-bond acceptors (Lipinski definition) is 9. The molecule has 1 amide bonds. The van der Waals surface area contributed by atoms with Crippen LogP contribution in [0.4, 0.5) is 5.69 Å². The highest BCUT2D eigenvalue weighted by molar-refractivity contribution is 8.00. The molecule has 42 heavy (non-hydrogen) atoms. The standard InChI is InChI=1S/C31H40N4O5S2/c1-18(42-28-24(35(38)39)9-10-25(33-28)40-8)29(37)34-13-11-19(12-14-34)27-32-23(17-41-27)20-15-21(30(2,3)4)26(36)22(16-20)31(5,6)7/h9-10,15-19,36H,11-14H2,1-8H3. The van der Waals surface area contributed by atoms with E-state index in [-0.39, 0.29) is 39.2 Å². The number of carbonyl (C=O) groups excluding carboxylic acids is 1. The van der Waals surface area contributed by atoms with Crippen LogP contribution < -0.4 is 4.74 Å². The van der Waals surface area contributed by atoms with Gasteiger partial charge in [-0.3, -0.25) is 14.9 Å². The van der Waals surface area contributed by atoms with Gasteiger partial charge < -0.3 is 14.7 Å². The van der Waals surface area contributed by atoms with Crippen LogP contribution in [0.5, 0.6) is 11.6 Å². The molecule has 3 aromatic rings. The molecule has 1 aromatic carbocycles.